The molecule has 1 nitrogen and oxygen atoms in total. The lowest BCUT2D eigenvalue weighted by atomic mass is 9.75. The second kappa shape index (κ2) is 6.12. The maximum absolute atomic E-state index is 6.29. The minimum absolute atomic E-state index is 0.205. The Morgan fingerprint density at radius 2 is 1.67 bits per heavy atom. The Bertz CT molecular complexity index is 513. The molecule has 3 atom stereocenters. The topological polar surface area (TPSA) is 9.23 Å². The molecule has 0 amide bonds. The highest BCUT2D eigenvalue weighted by molar-refractivity contribution is 5.50. The predicted octanol–water partition coefficient (Wildman–Crippen LogP) is 6.04. The van der Waals surface area contributed by atoms with Crippen molar-refractivity contribution in [2.24, 2.45) is 5.92 Å². The van der Waals surface area contributed by atoms with Gasteiger partial charge in [0.2, 0.25) is 0 Å². The van der Waals surface area contributed by atoms with Gasteiger partial charge < -0.3 is 4.74 Å². The normalized spacial score (nSPS) is 26.1. The Kier molecular flexibility index (Phi) is 4.82. The highest BCUT2D eigenvalue weighted by Gasteiger charge is 2.32. The Hall–Kier alpha value is -0.820. The van der Waals surface area contributed by atoms with Crippen LogP contribution in [0.1, 0.15) is 93.7 Å². The molecule has 0 fully saturated rings. The zero-order valence-corrected chi connectivity index (χ0v) is 15.1. The number of aryl methyl sites for hydroxylation is 1. The van der Waals surface area contributed by atoms with Gasteiger partial charge >= 0.3 is 0 Å². The van der Waals surface area contributed by atoms with Crippen molar-refractivity contribution in [2.45, 2.75) is 85.9 Å². The van der Waals surface area contributed by atoms with Gasteiger partial charge in [-0.2, -0.15) is 0 Å². The van der Waals surface area contributed by atoms with Crippen LogP contribution in [0.2, 0.25) is 0 Å². The molecule has 0 saturated carbocycles. The van der Waals surface area contributed by atoms with Gasteiger partial charge in [0.1, 0.15) is 0 Å². The first-order chi connectivity index (χ1) is 9.73. The first kappa shape index (κ1) is 16.5. The van der Waals surface area contributed by atoms with E-state index in [1.807, 2.05) is 0 Å². The molecule has 1 heteroatoms. The SMILES string of the molecule is Cc1cc(C(C)C)c2c(c1C)[C@H](C)O[C@H](C)CC2C(C)C. The molecular weight excluding hydrogens is 256 g/mol. The van der Waals surface area contributed by atoms with Crippen molar-refractivity contribution >= 4 is 0 Å². The molecule has 0 radical (unpaired) electrons. The van der Waals surface area contributed by atoms with Crippen LogP contribution in [0.4, 0.5) is 0 Å². The van der Waals surface area contributed by atoms with Crippen LogP contribution in [0.25, 0.3) is 0 Å². The third-order valence-corrected chi connectivity index (χ3v) is 5.20. The van der Waals surface area contributed by atoms with E-state index in [1.165, 1.54) is 22.3 Å². The van der Waals surface area contributed by atoms with E-state index in [4.69, 9.17) is 4.74 Å². The maximum atomic E-state index is 6.29. The summed E-state index contributed by atoms with van der Waals surface area (Å²) in [7, 11) is 0. The molecule has 2 rings (SSSR count). The summed E-state index contributed by atoms with van der Waals surface area (Å²) < 4.78 is 6.29. The van der Waals surface area contributed by atoms with Crippen molar-refractivity contribution in [3.63, 3.8) is 0 Å². The van der Waals surface area contributed by atoms with E-state index in [-0.39, 0.29) is 6.10 Å². The standard InChI is InChI=1S/C20H32O/c1-11(2)17-9-13(5)15(7)19-16(8)21-14(6)10-18(12(3)4)20(17)19/h9,11-12,14,16,18H,10H2,1-8H3/t14-,16+,18?/m1/s1. The van der Waals surface area contributed by atoms with Gasteiger partial charge in [-0.05, 0) is 79.7 Å². The second-order valence-corrected chi connectivity index (χ2v) is 7.56. The average molecular weight is 288 g/mol. The number of hydrogen-bond donors (Lipinski definition) is 0. The fraction of sp³-hybridized carbons (Fsp3) is 0.700. The van der Waals surface area contributed by atoms with Crippen LogP contribution in [0.5, 0.6) is 0 Å². The van der Waals surface area contributed by atoms with Gasteiger partial charge in [-0.25, -0.2) is 0 Å². The largest absolute Gasteiger partial charge is 0.371 e. The van der Waals surface area contributed by atoms with Gasteiger partial charge in [0.15, 0.2) is 0 Å². The Morgan fingerprint density at radius 1 is 1.05 bits per heavy atom. The molecular formula is C20H32O. The number of ether oxygens (including phenoxy) is 1. The molecule has 0 spiro atoms. The van der Waals surface area contributed by atoms with E-state index < -0.39 is 0 Å². The lowest BCUT2D eigenvalue weighted by Gasteiger charge is -2.29. The molecule has 0 bridgehead atoms. The fourth-order valence-corrected chi connectivity index (χ4v) is 3.96. The summed E-state index contributed by atoms with van der Waals surface area (Å²) in [5.74, 6) is 1.83. The number of benzene rings is 1. The van der Waals surface area contributed by atoms with E-state index in [9.17, 15) is 0 Å². The minimum atomic E-state index is 0.205. The molecule has 1 unspecified atom stereocenters. The fourth-order valence-electron chi connectivity index (χ4n) is 3.96. The van der Waals surface area contributed by atoms with Crippen LogP contribution >= 0.6 is 0 Å². The Morgan fingerprint density at radius 3 is 2.19 bits per heavy atom. The van der Waals surface area contributed by atoms with Crippen molar-refractivity contribution in [2.75, 3.05) is 0 Å². The molecule has 1 heterocycles. The van der Waals surface area contributed by atoms with Gasteiger partial charge in [-0.3, -0.25) is 0 Å². The minimum Gasteiger partial charge on any atom is -0.371 e. The van der Waals surface area contributed by atoms with Crippen molar-refractivity contribution in [3.8, 4) is 0 Å². The zero-order chi connectivity index (χ0) is 15.9. The van der Waals surface area contributed by atoms with Crippen LogP contribution in [0.15, 0.2) is 6.07 Å². The number of fused-ring (bicyclic) bond motifs is 1. The monoisotopic (exact) mass is 288 g/mol. The number of hydrogen-bond acceptors (Lipinski definition) is 1. The van der Waals surface area contributed by atoms with E-state index in [2.05, 4.69) is 61.5 Å². The Balaban J connectivity index is 2.77. The molecule has 0 saturated heterocycles. The average Bonchev–Trinajstić information content (AvgIpc) is 2.50. The van der Waals surface area contributed by atoms with Crippen molar-refractivity contribution < 1.29 is 4.74 Å². The van der Waals surface area contributed by atoms with E-state index in [0.29, 0.717) is 23.9 Å². The summed E-state index contributed by atoms with van der Waals surface area (Å²) in [5.41, 5.74) is 7.45. The van der Waals surface area contributed by atoms with Gasteiger partial charge in [0, 0.05) is 0 Å². The van der Waals surface area contributed by atoms with Gasteiger partial charge in [-0.15, -0.1) is 0 Å². The quantitative estimate of drug-likeness (QED) is 0.645. The highest BCUT2D eigenvalue weighted by atomic mass is 16.5. The van der Waals surface area contributed by atoms with Crippen LogP contribution in [-0.2, 0) is 4.74 Å². The predicted molar refractivity (Wildman–Crippen MR) is 91.2 cm³/mol. The van der Waals surface area contributed by atoms with Crippen LogP contribution in [-0.4, -0.2) is 6.10 Å². The Labute approximate surface area is 131 Å². The molecule has 0 N–H and O–H groups in total. The zero-order valence-electron chi connectivity index (χ0n) is 15.1. The van der Waals surface area contributed by atoms with Crippen LogP contribution < -0.4 is 0 Å². The summed E-state index contributed by atoms with van der Waals surface area (Å²) in [6.07, 6.45) is 1.67. The van der Waals surface area contributed by atoms with E-state index in [0.717, 1.165) is 6.42 Å². The molecule has 21 heavy (non-hydrogen) atoms. The summed E-state index contributed by atoms with van der Waals surface area (Å²) in [4.78, 5) is 0. The van der Waals surface area contributed by atoms with Gasteiger partial charge in [-0.1, -0.05) is 33.8 Å². The summed E-state index contributed by atoms with van der Waals surface area (Å²) >= 11 is 0. The first-order valence-electron chi connectivity index (χ1n) is 8.53. The molecule has 118 valence electrons. The van der Waals surface area contributed by atoms with Gasteiger partial charge in [0.05, 0.1) is 12.2 Å². The van der Waals surface area contributed by atoms with Crippen LogP contribution in [0.3, 0.4) is 0 Å². The van der Waals surface area contributed by atoms with Crippen molar-refractivity contribution in [1.82, 2.24) is 0 Å². The summed E-state index contributed by atoms with van der Waals surface area (Å²) in [6.45, 7) is 18.3. The second-order valence-electron chi connectivity index (χ2n) is 7.56. The molecule has 1 aliphatic rings. The van der Waals surface area contributed by atoms with Crippen molar-refractivity contribution in [1.29, 1.82) is 0 Å². The summed E-state index contributed by atoms with van der Waals surface area (Å²) in [5, 5.41) is 0. The van der Waals surface area contributed by atoms with E-state index in [1.54, 1.807) is 5.56 Å². The van der Waals surface area contributed by atoms with Crippen LogP contribution in [0, 0.1) is 19.8 Å². The maximum Gasteiger partial charge on any atom is 0.0805 e. The smallest absolute Gasteiger partial charge is 0.0805 e. The highest BCUT2D eigenvalue weighted by Crippen LogP contribution is 2.45. The van der Waals surface area contributed by atoms with Gasteiger partial charge in [0.25, 0.3) is 0 Å². The molecule has 1 aromatic carbocycles. The molecule has 0 aliphatic carbocycles. The lowest BCUT2D eigenvalue weighted by molar-refractivity contribution is 0.00430. The third kappa shape index (κ3) is 3.04. The third-order valence-electron chi connectivity index (χ3n) is 5.20. The summed E-state index contributed by atoms with van der Waals surface area (Å²) in [6, 6.07) is 2.43. The lowest BCUT2D eigenvalue weighted by Crippen LogP contribution is -2.16. The van der Waals surface area contributed by atoms with Crippen molar-refractivity contribution in [3.05, 3.63) is 33.9 Å². The molecule has 1 aliphatic heterocycles. The molecule has 0 aromatic heterocycles. The van der Waals surface area contributed by atoms with E-state index >= 15 is 0 Å². The number of rotatable bonds is 2. The first-order valence-corrected chi connectivity index (χ1v) is 8.53. The molecule has 1 aromatic rings.